The van der Waals surface area contributed by atoms with Gasteiger partial charge in [-0.25, -0.2) is 24.2 Å². The first-order valence-electron chi connectivity index (χ1n) is 15.9. The number of thioether (sulfide) groups is 3. The van der Waals surface area contributed by atoms with Gasteiger partial charge in [0.25, 0.3) is 5.91 Å². The maximum Gasteiger partial charge on any atom is 0.433 e. The standard InChI is InChI=1S/C11H15N3O2.C11H15NO2S.C7H13N3O3S.C5H10N2O2S.ClH/c1-12-11(15)16-10-6-4-5-9(7-10)13-8-14(2)3;1-7-5-9(14-11(13)12-3)6-8(2)10(7)15-4;1-8-7(12)13-9-5(14-4)6(11)10(2)3;1-4(10-3)7-9-5(8)6-2;/h4-8H,1-3H3,(H,12,15);5-6H,1-4H3,(H,12,13);1-4H3,(H,8,12);1-3H3,(H,6,8);1H/b13-8-;;;7-4+;. The first kappa shape index (κ1) is 55.5. The van der Waals surface area contributed by atoms with Crippen LogP contribution in [0.2, 0.25) is 0 Å². The summed E-state index contributed by atoms with van der Waals surface area (Å²) in [5.41, 5.74) is 2.98. The van der Waals surface area contributed by atoms with E-state index in [1.165, 1.54) is 49.7 Å². The average molecular weight is 865 g/mol. The minimum Gasteiger partial charge on any atom is -0.410 e. The van der Waals surface area contributed by atoms with Crippen LogP contribution in [0.15, 0.2) is 56.6 Å². The lowest BCUT2D eigenvalue weighted by molar-refractivity contribution is -0.121. The van der Waals surface area contributed by atoms with Gasteiger partial charge in [0.2, 0.25) is 5.04 Å². The molecule has 0 spiro atoms. The summed E-state index contributed by atoms with van der Waals surface area (Å²) in [7, 11) is 12.9. The van der Waals surface area contributed by atoms with Gasteiger partial charge in [-0.05, 0) is 74.9 Å². The van der Waals surface area contributed by atoms with E-state index in [4.69, 9.17) is 9.47 Å². The largest absolute Gasteiger partial charge is 0.433 e. The number of aryl methyl sites for hydroxylation is 2. The van der Waals surface area contributed by atoms with Crippen molar-refractivity contribution in [1.82, 2.24) is 31.1 Å². The topological polar surface area (TPSA) is 214 Å². The molecule has 0 bridgehead atoms. The molecule has 0 atom stereocenters. The zero-order valence-electron chi connectivity index (χ0n) is 34.1. The van der Waals surface area contributed by atoms with Gasteiger partial charge in [0, 0.05) is 67.3 Å². The molecule has 22 heteroatoms. The van der Waals surface area contributed by atoms with Gasteiger partial charge < -0.3 is 40.5 Å². The second kappa shape index (κ2) is 32.4. The summed E-state index contributed by atoms with van der Waals surface area (Å²) in [5.74, 6) is 0.747. The van der Waals surface area contributed by atoms with Crippen LogP contribution < -0.4 is 30.7 Å². The van der Waals surface area contributed by atoms with Crippen molar-refractivity contribution in [3.63, 3.8) is 0 Å². The zero-order chi connectivity index (χ0) is 42.5. The Bertz CT molecular complexity index is 1610. The number of hydrogen-bond donors (Lipinski definition) is 4. The maximum atomic E-state index is 11.3. The molecule has 0 aromatic heterocycles. The Morgan fingerprint density at radius 3 is 1.59 bits per heavy atom. The molecule has 18 nitrogen and oxygen atoms in total. The van der Waals surface area contributed by atoms with Crippen molar-refractivity contribution in [3.05, 3.63) is 47.5 Å². The second-order valence-corrected chi connectivity index (χ2v) is 13.1. The van der Waals surface area contributed by atoms with Crippen molar-refractivity contribution in [2.45, 2.75) is 25.7 Å². The SMILES string of the molecule is CNC(=O)O/N=C(\C)SC.CNC(=O)ON=C(SC)C(=O)N(C)C.CNC(=O)Oc1cc(C)c(SC)c(C)c1.CNC(=O)Oc1cccc(/N=C\N(C)C)c1.Cl. The Balaban J connectivity index is -0.000000674. The molecule has 56 heavy (non-hydrogen) atoms. The lowest BCUT2D eigenvalue weighted by atomic mass is 10.1. The van der Waals surface area contributed by atoms with Crippen LogP contribution in [0, 0.1) is 13.8 Å². The molecule has 2 aromatic rings. The van der Waals surface area contributed by atoms with E-state index in [0.717, 1.165) is 28.6 Å². The number of oxime groups is 2. The molecule has 2 rings (SSSR count). The lowest BCUT2D eigenvalue weighted by Crippen LogP contribution is -2.28. The molecule has 4 N–H and O–H groups in total. The first-order valence-corrected chi connectivity index (χ1v) is 19.5. The van der Waals surface area contributed by atoms with Crippen LogP contribution in [0.3, 0.4) is 0 Å². The van der Waals surface area contributed by atoms with Crippen LogP contribution in [-0.4, -0.2) is 132 Å². The number of nitrogens with one attached hydrogen (secondary N) is 4. The summed E-state index contributed by atoms with van der Waals surface area (Å²) in [6.07, 6.45) is 5.06. The van der Waals surface area contributed by atoms with E-state index in [0.29, 0.717) is 16.5 Å². The highest BCUT2D eigenvalue weighted by molar-refractivity contribution is 8.15. The summed E-state index contributed by atoms with van der Waals surface area (Å²) in [5, 5.41) is 17.0. The summed E-state index contributed by atoms with van der Waals surface area (Å²) in [4.78, 5) is 71.7. The van der Waals surface area contributed by atoms with E-state index in [1.54, 1.807) is 63.6 Å². The van der Waals surface area contributed by atoms with Gasteiger partial charge >= 0.3 is 24.4 Å². The smallest absolute Gasteiger partial charge is 0.410 e. The Morgan fingerprint density at radius 2 is 1.18 bits per heavy atom. The Hall–Kier alpha value is -4.86. The van der Waals surface area contributed by atoms with Crippen molar-refractivity contribution >= 4 is 100 Å². The second-order valence-electron chi connectivity index (χ2n) is 10.4. The predicted molar refractivity (Wildman–Crippen MR) is 231 cm³/mol. The van der Waals surface area contributed by atoms with E-state index in [2.05, 4.69) is 46.2 Å². The fourth-order valence-corrected chi connectivity index (χ4v) is 4.43. The van der Waals surface area contributed by atoms with Crippen LogP contribution in [0.1, 0.15) is 18.1 Å². The van der Waals surface area contributed by atoms with Gasteiger partial charge in [-0.3, -0.25) is 14.5 Å². The molecule has 0 aliphatic rings. The molecule has 5 amide bonds. The van der Waals surface area contributed by atoms with Crippen molar-refractivity contribution in [3.8, 4) is 11.5 Å². The van der Waals surface area contributed by atoms with E-state index < -0.39 is 24.4 Å². The number of halogens is 1. The molecule has 0 saturated heterocycles. The fraction of sp³-hybridized carbons (Fsp3) is 0.412. The average Bonchev–Trinajstić information content (AvgIpc) is 3.16. The third-order valence-electron chi connectivity index (χ3n) is 5.68. The normalized spacial score (nSPS) is 10.2. The maximum absolute atomic E-state index is 11.3. The lowest BCUT2D eigenvalue weighted by Gasteiger charge is -2.10. The van der Waals surface area contributed by atoms with E-state index in [1.807, 2.05) is 63.6 Å². The Labute approximate surface area is 348 Å². The zero-order valence-corrected chi connectivity index (χ0v) is 37.4. The number of nitrogens with zero attached hydrogens (tertiary/aromatic N) is 5. The monoisotopic (exact) mass is 863 g/mol. The highest BCUT2D eigenvalue weighted by atomic mass is 35.5. The van der Waals surface area contributed by atoms with E-state index in [9.17, 15) is 24.0 Å². The summed E-state index contributed by atoms with van der Waals surface area (Å²) in [6.45, 7) is 5.78. The summed E-state index contributed by atoms with van der Waals surface area (Å²) < 4.78 is 10.0. The predicted octanol–water partition coefficient (Wildman–Crippen LogP) is 5.94. The Morgan fingerprint density at radius 1 is 0.696 bits per heavy atom. The van der Waals surface area contributed by atoms with E-state index in [-0.39, 0.29) is 23.4 Å². The highest BCUT2D eigenvalue weighted by Crippen LogP contribution is 2.28. The molecule has 0 saturated carbocycles. The molecule has 2 aromatic carbocycles. The van der Waals surface area contributed by atoms with Crippen LogP contribution in [0.25, 0.3) is 0 Å². The molecule has 0 unspecified atom stereocenters. The third-order valence-corrected chi connectivity index (χ3v) is 8.03. The van der Waals surface area contributed by atoms with Gasteiger partial charge in [-0.1, -0.05) is 16.4 Å². The molecule has 0 aliphatic heterocycles. The summed E-state index contributed by atoms with van der Waals surface area (Å²) in [6, 6.07) is 10.7. The number of ether oxygens (including phenoxy) is 2. The van der Waals surface area contributed by atoms with Gasteiger partial charge in [0.15, 0.2) is 0 Å². The van der Waals surface area contributed by atoms with Gasteiger partial charge in [0.05, 0.1) is 12.0 Å². The number of amides is 5. The molecule has 314 valence electrons. The van der Waals surface area contributed by atoms with Crippen LogP contribution in [0.4, 0.5) is 24.9 Å². The van der Waals surface area contributed by atoms with Gasteiger partial charge in [0.1, 0.15) is 16.5 Å². The van der Waals surface area contributed by atoms with Crippen molar-refractivity contribution < 1.29 is 43.1 Å². The van der Waals surface area contributed by atoms with Gasteiger partial charge in [-0.2, -0.15) is 0 Å². The van der Waals surface area contributed by atoms with Gasteiger partial charge in [-0.15, -0.1) is 47.7 Å². The molecule has 0 radical (unpaired) electrons. The summed E-state index contributed by atoms with van der Waals surface area (Å²) >= 11 is 4.23. The van der Waals surface area contributed by atoms with Crippen molar-refractivity contribution in [2.75, 3.05) is 75.1 Å². The number of hydrogen-bond acceptors (Lipinski definition) is 15. The first-order chi connectivity index (χ1) is 25.9. The van der Waals surface area contributed by atoms with Crippen LogP contribution >= 0.6 is 47.7 Å². The molecule has 0 aliphatic carbocycles. The number of rotatable bonds is 7. The minimum absolute atomic E-state index is 0. The molecule has 0 fully saturated rings. The molecular formula is C34H54ClN9O9S3. The molecule has 0 heterocycles. The fourth-order valence-electron chi connectivity index (χ4n) is 3.09. The number of benzene rings is 2. The van der Waals surface area contributed by atoms with Crippen LogP contribution in [-0.2, 0) is 14.5 Å². The number of carbonyl (C=O) groups is 5. The quantitative estimate of drug-likeness (QED) is 0.0836. The number of aliphatic imine (C=N–C) groups is 1. The number of carbonyl (C=O) groups excluding carboxylic acids is 5. The molecular weight excluding hydrogens is 810 g/mol. The van der Waals surface area contributed by atoms with E-state index >= 15 is 0 Å². The van der Waals surface area contributed by atoms with Crippen LogP contribution in [0.5, 0.6) is 11.5 Å². The van der Waals surface area contributed by atoms with Crippen molar-refractivity contribution in [1.29, 1.82) is 0 Å². The minimum atomic E-state index is -0.705. The van der Waals surface area contributed by atoms with Crippen molar-refractivity contribution in [2.24, 2.45) is 15.3 Å². The highest BCUT2D eigenvalue weighted by Gasteiger charge is 2.14. The Kier molecular flexibility index (Phi) is 32.1. The third kappa shape index (κ3) is 26.0.